The maximum Gasteiger partial charge on any atom is 0.266 e. The van der Waals surface area contributed by atoms with Crippen molar-refractivity contribution in [3.05, 3.63) is 28.5 Å². The summed E-state index contributed by atoms with van der Waals surface area (Å²) in [6, 6.07) is 0. The highest BCUT2D eigenvalue weighted by atomic mass is 35.5. The van der Waals surface area contributed by atoms with Crippen LogP contribution >= 0.6 is 11.6 Å². The Labute approximate surface area is 68.0 Å². The van der Waals surface area contributed by atoms with Gasteiger partial charge in [-0.05, 0) is 12.5 Å². The van der Waals surface area contributed by atoms with Gasteiger partial charge in [0.15, 0.2) is 0 Å². The van der Waals surface area contributed by atoms with Crippen molar-refractivity contribution in [2.24, 2.45) is 0 Å². The van der Waals surface area contributed by atoms with Crippen LogP contribution in [0, 0.1) is 6.92 Å². The third kappa shape index (κ3) is 1.66. The third-order valence-corrected chi connectivity index (χ3v) is 1.83. The Morgan fingerprint density at radius 3 is 2.55 bits per heavy atom. The monoisotopic (exact) mass is 177 g/mol. The lowest BCUT2D eigenvalue weighted by atomic mass is 10.2. The van der Waals surface area contributed by atoms with E-state index >= 15 is 0 Å². The van der Waals surface area contributed by atoms with E-state index in [1.54, 1.807) is 6.92 Å². The number of hydrogen-bond donors (Lipinski definition) is 0. The number of hydrogen-bond acceptors (Lipinski definition) is 1. The van der Waals surface area contributed by atoms with Crippen molar-refractivity contribution in [3.8, 4) is 0 Å². The minimum absolute atomic E-state index is 0.106. The standard InChI is InChI=1S/C7H6ClF2N/c1-4-2-11-3-5(6(4)8)7(9)10/h2-3,7H,1H3. The van der Waals surface area contributed by atoms with E-state index in [1.807, 2.05) is 0 Å². The smallest absolute Gasteiger partial charge is 0.264 e. The van der Waals surface area contributed by atoms with Crippen LogP contribution in [0.2, 0.25) is 5.02 Å². The summed E-state index contributed by atoms with van der Waals surface area (Å²) in [5, 5.41) is 0.106. The topological polar surface area (TPSA) is 12.9 Å². The lowest BCUT2D eigenvalue weighted by molar-refractivity contribution is 0.151. The number of pyridine rings is 1. The maximum atomic E-state index is 12.1. The first-order chi connectivity index (χ1) is 5.13. The number of alkyl halides is 2. The van der Waals surface area contributed by atoms with Crippen LogP contribution in [-0.2, 0) is 0 Å². The fourth-order valence-corrected chi connectivity index (χ4v) is 0.903. The largest absolute Gasteiger partial charge is 0.266 e. The van der Waals surface area contributed by atoms with Crippen molar-refractivity contribution in [3.63, 3.8) is 0 Å². The molecule has 0 N–H and O–H groups in total. The molecule has 0 aliphatic heterocycles. The zero-order valence-electron chi connectivity index (χ0n) is 5.81. The van der Waals surface area contributed by atoms with Crippen molar-refractivity contribution >= 4 is 11.6 Å². The van der Waals surface area contributed by atoms with Crippen LogP contribution in [0.3, 0.4) is 0 Å². The van der Waals surface area contributed by atoms with Crippen molar-refractivity contribution in [1.29, 1.82) is 0 Å². The molecule has 0 bridgehead atoms. The van der Waals surface area contributed by atoms with Crippen LogP contribution < -0.4 is 0 Å². The average Bonchev–Trinajstić information content (AvgIpc) is 1.94. The van der Waals surface area contributed by atoms with E-state index in [0.29, 0.717) is 5.56 Å². The molecule has 11 heavy (non-hydrogen) atoms. The molecule has 1 heterocycles. The van der Waals surface area contributed by atoms with Gasteiger partial charge in [0.25, 0.3) is 6.43 Å². The fourth-order valence-electron chi connectivity index (χ4n) is 0.723. The molecule has 1 aromatic rings. The van der Waals surface area contributed by atoms with Gasteiger partial charge in [-0.1, -0.05) is 11.6 Å². The van der Waals surface area contributed by atoms with E-state index in [-0.39, 0.29) is 10.6 Å². The molecule has 60 valence electrons. The number of halogens is 3. The lowest BCUT2D eigenvalue weighted by Gasteiger charge is -2.03. The van der Waals surface area contributed by atoms with E-state index in [4.69, 9.17) is 11.6 Å². The van der Waals surface area contributed by atoms with Gasteiger partial charge in [0.05, 0.1) is 10.6 Å². The molecule has 0 aliphatic rings. The summed E-state index contributed by atoms with van der Waals surface area (Å²) in [6.07, 6.45) is -0.0105. The lowest BCUT2D eigenvalue weighted by Crippen LogP contribution is -1.89. The quantitative estimate of drug-likeness (QED) is 0.643. The summed E-state index contributed by atoms with van der Waals surface area (Å²) >= 11 is 5.57. The number of aromatic nitrogens is 1. The molecule has 0 amide bonds. The van der Waals surface area contributed by atoms with Gasteiger partial charge in [-0.15, -0.1) is 0 Å². The minimum atomic E-state index is -2.55. The minimum Gasteiger partial charge on any atom is -0.264 e. The highest BCUT2D eigenvalue weighted by Crippen LogP contribution is 2.27. The first-order valence-electron chi connectivity index (χ1n) is 3.01. The van der Waals surface area contributed by atoms with Crippen molar-refractivity contribution in [2.75, 3.05) is 0 Å². The molecule has 1 rings (SSSR count). The Hall–Kier alpha value is -0.700. The molecular formula is C7H6ClF2N. The van der Waals surface area contributed by atoms with Crippen molar-refractivity contribution in [1.82, 2.24) is 4.98 Å². The molecule has 0 saturated heterocycles. The van der Waals surface area contributed by atoms with Crippen LogP contribution in [-0.4, -0.2) is 4.98 Å². The van der Waals surface area contributed by atoms with Gasteiger partial charge in [0.2, 0.25) is 0 Å². The van der Waals surface area contributed by atoms with E-state index in [2.05, 4.69) is 4.98 Å². The summed E-state index contributed by atoms with van der Waals surface area (Å²) in [5.74, 6) is 0. The normalized spacial score (nSPS) is 10.6. The zero-order valence-corrected chi connectivity index (χ0v) is 6.57. The molecule has 0 radical (unpaired) electrons. The van der Waals surface area contributed by atoms with Crippen molar-refractivity contribution < 1.29 is 8.78 Å². The second-order valence-electron chi connectivity index (χ2n) is 2.16. The van der Waals surface area contributed by atoms with Crippen LogP contribution in [0.25, 0.3) is 0 Å². The van der Waals surface area contributed by atoms with E-state index in [9.17, 15) is 8.78 Å². The second-order valence-corrected chi connectivity index (χ2v) is 2.54. The SMILES string of the molecule is Cc1cncc(C(F)F)c1Cl. The highest BCUT2D eigenvalue weighted by Gasteiger charge is 2.12. The van der Waals surface area contributed by atoms with E-state index in [0.717, 1.165) is 6.20 Å². The Morgan fingerprint density at radius 2 is 2.09 bits per heavy atom. The Balaban J connectivity index is 3.17. The van der Waals surface area contributed by atoms with Crippen LogP contribution in [0.1, 0.15) is 17.6 Å². The molecule has 4 heteroatoms. The van der Waals surface area contributed by atoms with Crippen molar-refractivity contribution in [2.45, 2.75) is 13.3 Å². The van der Waals surface area contributed by atoms with Gasteiger partial charge in [-0.2, -0.15) is 0 Å². The average molecular weight is 178 g/mol. The van der Waals surface area contributed by atoms with Gasteiger partial charge >= 0.3 is 0 Å². The molecule has 0 fully saturated rings. The highest BCUT2D eigenvalue weighted by molar-refractivity contribution is 6.32. The fraction of sp³-hybridized carbons (Fsp3) is 0.286. The van der Waals surface area contributed by atoms with Gasteiger partial charge in [0.1, 0.15) is 0 Å². The van der Waals surface area contributed by atoms with Gasteiger partial charge in [-0.3, -0.25) is 4.98 Å². The first kappa shape index (κ1) is 8.40. The molecule has 0 saturated carbocycles. The molecule has 1 nitrogen and oxygen atoms in total. The summed E-state index contributed by atoms with van der Waals surface area (Å²) in [5.41, 5.74) is 0.371. The molecular weight excluding hydrogens is 172 g/mol. The molecule has 0 aliphatic carbocycles. The number of rotatable bonds is 1. The van der Waals surface area contributed by atoms with Gasteiger partial charge < -0.3 is 0 Å². The van der Waals surface area contributed by atoms with Crippen LogP contribution in [0.5, 0.6) is 0 Å². The summed E-state index contributed by atoms with van der Waals surface area (Å²) < 4.78 is 24.2. The molecule has 0 atom stereocenters. The van der Waals surface area contributed by atoms with Crippen LogP contribution in [0.15, 0.2) is 12.4 Å². The Bertz CT molecular complexity index is 263. The van der Waals surface area contributed by atoms with Gasteiger partial charge in [0, 0.05) is 12.4 Å². The second kappa shape index (κ2) is 3.13. The maximum absolute atomic E-state index is 12.1. The van der Waals surface area contributed by atoms with E-state index in [1.165, 1.54) is 6.20 Å². The Morgan fingerprint density at radius 1 is 1.45 bits per heavy atom. The Kier molecular flexibility index (Phi) is 2.39. The van der Waals surface area contributed by atoms with Crippen LogP contribution in [0.4, 0.5) is 8.78 Å². The van der Waals surface area contributed by atoms with Gasteiger partial charge in [-0.25, -0.2) is 8.78 Å². The number of nitrogens with zero attached hydrogens (tertiary/aromatic N) is 1. The third-order valence-electron chi connectivity index (χ3n) is 1.32. The molecule has 1 aromatic heterocycles. The summed E-state index contributed by atoms with van der Waals surface area (Å²) in [4.78, 5) is 3.60. The summed E-state index contributed by atoms with van der Waals surface area (Å²) in [7, 11) is 0. The van der Waals surface area contributed by atoms with E-state index < -0.39 is 6.43 Å². The zero-order chi connectivity index (χ0) is 8.43. The summed E-state index contributed by atoms with van der Waals surface area (Å²) in [6.45, 7) is 1.64. The predicted octanol–water partition coefficient (Wildman–Crippen LogP) is 2.98. The predicted molar refractivity (Wildman–Crippen MR) is 38.9 cm³/mol. The molecule has 0 unspecified atom stereocenters. The molecule has 0 aromatic carbocycles. The molecule has 0 spiro atoms. The first-order valence-corrected chi connectivity index (χ1v) is 3.39. The number of aryl methyl sites for hydroxylation is 1.